The van der Waals surface area contributed by atoms with Crippen molar-refractivity contribution in [2.45, 2.75) is 5.92 Å². The number of carbonyl (C=O) groups is 1. The standard InChI is InChI=1S/C14H12O2.K/c15-14(16)13(11-7-3-1-4-8-11)12-9-5-2-6-10-12;/h1-10,13H,(H,15,16);/q;+1/p-1. The van der Waals surface area contributed by atoms with Crippen LogP contribution in [-0.4, -0.2) is 5.97 Å². The van der Waals surface area contributed by atoms with Crippen molar-refractivity contribution in [1.82, 2.24) is 0 Å². The van der Waals surface area contributed by atoms with Gasteiger partial charge in [0.05, 0.1) is 5.97 Å². The molecule has 80 valence electrons. The Labute approximate surface area is 143 Å². The molecule has 0 aliphatic rings. The minimum absolute atomic E-state index is 0. The SMILES string of the molecule is O=C([O-])C(c1ccccc1)c1ccccc1.[K+]. The van der Waals surface area contributed by atoms with Gasteiger partial charge in [-0.1, -0.05) is 60.7 Å². The van der Waals surface area contributed by atoms with E-state index in [9.17, 15) is 9.90 Å². The number of carboxylic acid groups (broad SMARTS) is 1. The van der Waals surface area contributed by atoms with E-state index < -0.39 is 11.9 Å². The van der Waals surface area contributed by atoms with Crippen molar-refractivity contribution in [3.63, 3.8) is 0 Å². The van der Waals surface area contributed by atoms with E-state index in [-0.39, 0.29) is 51.4 Å². The van der Waals surface area contributed by atoms with Crippen molar-refractivity contribution in [3.8, 4) is 0 Å². The summed E-state index contributed by atoms with van der Waals surface area (Å²) >= 11 is 0. The minimum Gasteiger partial charge on any atom is -0.549 e. The van der Waals surface area contributed by atoms with E-state index in [1.165, 1.54) is 0 Å². The third kappa shape index (κ3) is 3.76. The van der Waals surface area contributed by atoms with Crippen molar-refractivity contribution in [3.05, 3.63) is 71.8 Å². The number of carboxylic acids is 1. The predicted octanol–water partition coefficient (Wildman–Crippen LogP) is -1.43. The Bertz CT molecular complexity index is 429. The smallest absolute Gasteiger partial charge is 0.549 e. The molecular formula is C14H11KO2. The molecule has 0 saturated heterocycles. The van der Waals surface area contributed by atoms with Gasteiger partial charge in [-0.2, -0.15) is 0 Å². The molecule has 0 spiro atoms. The van der Waals surface area contributed by atoms with E-state index in [0.29, 0.717) is 0 Å². The molecule has 0 aromatic heterocycles. The van der Waals surface area contributed by atoms with Crippen molar-refractivity contribution in [2.75, 3.05) is 0 Å². The number of carbonyl (C=O) groups excluding carboxylic acids is 1. The number of hydrogen-bond acceptors (Lipinski definition) is 2. The zero-order valence-electron chi connectivity index (χ0n) is 9.67. The van der Waals surface area contributed by atoms with Crippen LogP contribution in [0.2, 0.25) is 0 Å². The fraction of sp³-hybridized carbons (Fsp3) is 0.0714. The molecule has 0 unspecified atom stereocenters. The summed E-state index contributed by atoms with van der Waals surface area (Å²) in [5.74, 6) is -1.76. The van der Waals surface area contributed by atoms with Gasteiger partial charge in [0, 0.05) is 5.92 Å². The summed E-state index contributed by atoms with van der Waals surface area (Å²) in [5, 5.41) is 11.2. The average molecular weight is 250 g/mol. The van der Waals surface area contributed by atoms with Crippen LogP contribution in [0, 0.1) is 0 Å². The molecule has 0 N–H and O–H groups in total. The van der Waals surface area contributed by atoms with Gasteiger partial charge in [-0.05, 0) is 11.1 Å². The van der Waals surface area contributed by atoms with Gasteiger partial charge < -0.3 is 9.90 Å². The van der Waals surface area contributed by atoms with Gasteiger partial charge in [0.15, 0.2) is 0 Å². The summed E-state index contributed by atoms with van der Waals surface area (Å²) in [4.78, 5) is 11.2. The van der Waals surface area contributed by atoms with Crippen molar-refractivity contribution < 1.29 is 61.3 Å². The molecule has 17 heavy (non-hydrogen) atoms. The second-order valence-corrected chi connectivity index (χ2v) is 3.57. The zero-order chi connectivity index (χ0) is 11.4. The first-order valence-electron chi connectivity index (χ1n) is 5.10. The van der Waals surface area contributed by atoms with Gasteiger partial charge in [-0.25, -0.2) is 0 Å². The summed E-state index contributed by atoms with van der Waals surface area (Å²) in [6.45, 7) is 0. The summed E-state index contributed by atoms with van der Waals surface area (Å²) in [7, 11) is 0. The summed E-state index contributed by atoms with van der Waals surface area (Å²) in [5.41, 5.74) is 1.49. The Kier molecular flexibility index (Phi) is 6.09. The molecule has 0 aliphatic carbocycles. The van der Waals surface area contributed by atoms with E-state index in [4.69, 9.17) is 0 Å². The van der Waals surface area contributed by atoms with Crippen LogP contribution in [0.4, 0.5) is 0 Å². The molecule has 3 heteroatoms. The molecule has 2 aromatic rings. The summed E-state index contributed by atoms with van der Waals surface area (Å²) in [6.07, 6.45) is 0. The van der Waals surface area contributed by atoms with E-state index >= 15 is 0 Å². The first-order chi connectivity index (χ1) is 7.79. The van der Waals surface area contributed by atoms with Crippen LogP contribution < -0.4 is 56.5 Å². The van der Waals surface area contributed by atoms with Crippen molar-refractivity contribution in [1.29, 1.82) is 0 Å². The molecule has 0 amide bonds. The molecule has 0 aliphatic heterocycles. The van der Waals surface area contributed by atoms with E-state index in [2.05, 4.69) is 0 Å². The Morgan fingerprint density at radius 2 is 1.18 bits per heavy atom. The molecule has 0 heterocycles. The number of rotatable bonds is 3. The second-order valence-electron chi connectivity index (χ2n) is 3.57. The topological polar surface area (TPSA) is 40.1 Å². The maximum Gasteiger partial charge on any atom is 1.00 e. The molecule has 2 aromatic carbocycles. The molecule has 0 bridgehead atoms. The summed E-state index contributed by atoms with van der Waals surface area (Å²) in [6, 6.07) is 18.2. The maximum atomic E-state index is 11.2. The monoisotopic (exact) mass is 250 g/mol. The largest absolute Gasteiger partial charge is 1.00 e. The Hall–Kier alpha value is -0.454. The Morgan fingerprint density at radius 1 is 0.824 bits per heavy atom. The molecule has 2 rings (SSSR count). The van der Waals surface area contributed by atoms with Gasteiger partial charge in [0.25, 0.3) is 0 Å². The van der Waals surface area contributed by atoms with Crippen molar-refractivity contribution >= 4 is 5.97 Å². The summed E-state index contributed by atoms with van der Waals surface area (Å²) < 4.78 is 0. The fourth-order valence-electron chi connectivity index (χ4n) is 1.76. The van der Waals surface area contributed by atoms with Crippen LogP contribution in [0.25, 0.3) is 0 Å². The zero-order valence-corrected chi connectivity index (χ0v) is 12.8. The van der Waals surface area contributed by atoms with Crippen LogP contribution >= 0.6 is 0 Å². The van der Waals surface area contributed by atoms with E-state index in [0.717, 1.165) is 11.1 Å². The van der Waals surface area contributed by atoms with Crippen LogP contribution in [0.5, 0.6) is 0 Å². The predicted molar refractivity (Wildman–Crippen MR) is 59.7 cm³/mol. The number of benzene rings is 2. The molecule has 0 radical (unpaired) electrons. The van der Waals surface area contributed by atoms with Gasteiger partial charge in [-0.3, -0.25) is 0 Å². The molecular weight excluding hydrogens is 239 g/mol. The first-order valence-corrected chi connectivity index (χ1v) is 5.10. The number of hydrogen-bond donors (Lipinski definition) is 0. The molecule has 0 atom stereocenters. The first kappa shape index (κ1) is 14.6. The quantitative estimate of drug-likeness (QED) is 0.627. The van der Waals surface area contributed by atoms with Gasteiger partial charge in [0.2, 0.25) is 0 Å². The van der Waals surface area contributed by atoms with Gasteiger partial charge in [0.1, 0.15) is 0 Å². The van der Waals surface area contributed by atoms with Crippen LogP contribution in [0.3, 0.4) is 0 Å². The molecule has 0 saturated carbocycles. The van der Waals surface area contributed by atoms with E-state index in [1.807, 2.05) is 36.4 Å². The second kappa shape index (κ2) is 7.09. The maximum absolute atomic E-state index is 11.2. The Morgan fingerprint density at radius 3 is 1.47 bits per heavy atom. The minimum atomic E-state index is -1.07. The van der Waals surface area contributed by atoms with Gasteiger partial charge >= 0.3 is 51.4 Å². The van der Waals surface area contributed by atoms with E-state index in [1.54, 1.807) is 24.3 Å². The van der Waals surface area contributed by atoms with Gasteiger partial charge in [-0.15, -0.1) is 0 Å². The third-order valence-corrected chi connectivity index (χ3v) is 2.50. The molecule has 2 nitrogen and oxygen atoms in total. The van der Waals surface area contributed by atoms with Crippen LogP contribution in [0.15, 0.2) is 60.7 Å². The normalized spacial score (nSPS) is 9.71. The van der Waals surface area contributed by atoms with Crippen molar-refractivity contribution in [2.24, 2.45) is 0 Å². The van der Waals surface area contributed by atoms with Crippen LogP contribution in [-0.2, 0) is 4.79 Å². The molecule has 0 fully saturated rings. The number of aliphatic carboxylic acids is 1. The Balaban J connectivity index is 0.00000144. The average Bonchev–Trinajstić information content (AvgIpc) is 2.31. The third-order valence-electron chi connectivity index (χ3n) is 2.50. The van der Waals surface area contributed by atoms with Crippen LogP contribution in [0.1, 0.15) is 17.0 Å². The fourth-order valence-corrected chi connectivity index (χ4v) is 1.76.